The summed E-state index contributed by atoms with van der Waals surface area (Å²) in [5.41, 5.74) is 1.94. The highest BCUT2D eigenvalue weighted by atomic mass is 15.2. The van der Waals surface area contributed by atoms with E-state index < -0.39 is 0 Å². The summed E-state index contributed by atoms with van der Waals surface area (Å²) in [6, 6.07) is 0.654. The van der Waals surface area contributed by atoms with Gasteiger partial charge in [-0.2, -0.15) is 0 Å². The topological polar surface area (TPSA) is 41.1 Å². The fourth-order valence-electron chi connectivity index (χ4n) is 4.73. The van der Waals surface area contributed by atoms with E-state index in [0.717, 1.165) is 11.6 Å². The lowest BCUT2D eigenvalue weighted by atomic mass is 9.77. The quantitative estimate of drug-likeness (QED) is 0.890. The lowest BCUT2D eigenvalue weighted by molar-refractivity contribution is 0.226. The van der Waals surface area contributed by atoms with Crippen molar-refractivity contribution in [3.05, 3.63) is 11.4 Å². The molecule has 1 saturated heterocycles. The average Bonchev–Trinajstić information content (AvgIpc) is 3.51. The molecule has 4 fully saturated rings. The number of aromatic nitrogens is 2. The summed E-state index contributed by atoms with van der Waals surface area (Å²) in [6.45, 7) is 4.59. The lowest BCUT2D eigenvalue weighted by Crippen LogP contribution is -2.39. The first-order chi connectivity index (χ1) is 11.7. The maximum atomic E-state index is 5.04. The van der Waals surface area contributed by atoms with Gasteiger partial charge >= 0.3 is 0 Å². The Bertz CT molecular complexity index is 617. The Morgan fingerprint density at radius 2 is 1.67 bits per heavy atom. The smallest absolute Gasteiger partial charge is 0.137 e. The van der Waals surface area contributed by atoms with Crippen molar-refractivity contribution in [2.75, 3.05) is 23.3 Å². The molecule has 3 aliphatic carbocycles. The van der Waals surface area contributed by atoms with Gasteiger partial charge in [0.1, 0.15) is 17.5 Å². The van der Waals surface area contributed by atoms with E-state index in [1.165, 1.54) is 88.7 Å². The molecule has 4 aliphatic rings. The Kier molecular flexibility index (Phi) is 3.50. The van der Waals surface area contributed by atoms with Crippen LogP contribution in [0.5, 0.6) is 0 Å². The van der Waals surface area contributed by atoms with Crippen LogP contribution in [0.3, 0.4) is 0 Å². The fourth-order valence-corrected chi connectivity index (χ4v) is 4.73. The van der Waals surface area contributed by atoms with Crippen LogP contribution in [0.1, 0.15) is 81.5 Å². The molecule has 24 heavy (non-hydrogen) atoms. The SMILES string of the molecule is Cc1c(NC2CC2)nc(C2CC2)nc1N1CCC2(CCCC2)CC1. The van der Waals surface area contributed by atoms with Gasteiger partial charge in [0, 0.05) is 30.6 Å². The van der Waals surface area contributed by atoms with Crippen molar-refractivity contribution in [1.82, 2.24) is 9.97 Å². The van der Waals surface area contributed by atoms with E-state index in [4.69, 9.17) is 9.97 Å². The van der Waals surface area contributed by atoms with Crippen molar-refractivity contribution < 1.29 is 0 Å². The molecule has 1 aromatic heterocycles. The fraction of sp³-hybridized carbons (Fsp3) is 0.800. The molecule has 0 aromatic carbocycles. The molecule has 0 unspecified atom stereocenters. The van der Waals surface area contributed by atoms with Crippen LogP contribution in [0.2, 0.25) is 0 Å². The third kappa shape index (κ3) is 2.78. The van der Waals surface area contributed by atoms with Gasteiger partial charge < -0.3 is 10.2 Å². The van der Waals surface area contributed by atoms with Crippen molar-refractivity contribution in [3.63, 3.8) is 0 Å². The van der Waals surface area contributed by atoms with Gasteiger partial charge in [-0.25, -0.2) is 9.97 Å². The maximum Gasteiger partial charge on any atom is 0.137 e. The molecule has 3 saturated carbocycles. The van der Waals surface area contributed by atoms with Gasteiger partial charge in [0.05, 0.1) is 0 Å². The molecule has 0 bridgehead atoms. The van der Waals surface area contributed by atoms with Gasteiger partial charge in [-0.15, -0.1) is 0 Å². The highest BCUT2D eigenvalue weighted by molar-refractivity contribution is 5.60. The zero-order valence-electron chi connectivity index (χ0n) is 15.0. The molecule has 1 aromatic rings. The number of rotatable bonds is 4. The number of piperidine rings is 1. The standard InChI is InChI=1S/C20H30N4/c1-14-17(21-16-6-7-16)22-18(15-4-5-15)23-19(14)24-12-10-20(11-13-24)8-2-3-9-20/h15-16H,2-13H2,1H3,(H,21,22,23). The van der Waals surface area contributed by atoms with E-state index in [-0.39, 0.29) is 0 Å². The first kappa shape index (κ1) is 15.0. The summed E-state index contributed by atoms with van der Waals surface area (Å²) in [7, 11) is 0. The Morgan fingerprint density at radius 1 is 0.958 bits per heavy atom. The van der Waals surface area contributed by atoms with E-state index in [2.05, 4.69) is 17.1 Å². The molecule has 2 heterocycles. The van der Waals surface area contributed by atoms with E-state index in [1.54, 1.807) is 0 Å². The monoisotopic (exact) mass is 326 g/mol. The van der Waals surface area contributed by atoms with Crippen LogP contribution in [-0.2, 0) is 0 Å². The molecule has 4 heteroatoms. The number of nitrogens with one attached hydrogen (secondary N) is 1. The van der Waals surface area contributed by atoms with Crippen LogP contribution in [0.4, 0.5) is 11.6 Å². The zero-order chi connectivity index (χ0) is 16.1. The van der Waals surface area contributed by atoms with Crippen molar-refractivity contribution in [2.45, 2.75) is 83.1 Å². The summed E-state index contributed by atoms with van der Waals surface area (Å²) in [4.78, 5) is 12.5. The summed E-state index contributed by atoms with van der Waals surface area (Å²) in [5, 5.41) is 3.66. The summed E-state index contributed by atoms with van der Waals surface area (Å²) in [5.74, 6) is 4.06. The highest BCUT2D eigenvalue weighted by Crippen LogP contribution is 2.47. The number of anilines is 2. The Hall–Kier alpha value is -1.32. The predicted octanol–water partition coefficient (Wildman–Crippen LogP) is 4.40. The summed E-state index contributed by atoms with van der Waals surface area (Å²) < 4.78 is 0. The minimum Gasteiger partial charge on any atom is -0.367 e. The Morgan fingerprint density at radius 3 is 2.29 bits per heavy atom. The molecule has 0 radical (unpaired) electrons. The first-order valence-electron chi connectivity index (χ1n) is 10.1. The number of nitrogens with zero attached hydrogens (tertiary/aromatic N) is 3. The molecule has 4 nitrogen and oxygen atoms in total. The minimum atomic E-state index is 0.620. The molecule has 0 atom stereocenters. The molecule has 1 aliphatic heterocycles. The number of hydrogen-bond donors (Lipinski definition) is 1. The average molecular weight is 326 g/mol. The predicted molar refractivity (Wildman–Crippen MR) is 97.7 cm³/mol. The third-order valence-corrected chi connectivity index (χ3v) is 6.79. The molecule has 0 amide bonds. The largest absolute Gasteiger partial charge is 0.367 e. The molecule has 5 rings (SSSR count). The van der Waals surface area contributed by atoms with Crippen LogP contribution < -0.4 is 10.2 Å². The van der Waals surface area contributed by atoms with Gasteiger partial charge in [-0.1, -0.05) is 12.8 Å². The lowest BCUT2D eigenvalue weighted by Gasteiger charge is -2.40. The van der Waals surface area contributed by atoms with Crippen LogP contribution in [-0.4, -0.2) is 29.1 Å². The molecule has 130 valence electrons. The van der Waals surface area contributed by atoms with Crippen LogP contribution in [0, 0.1) is 12.3 Å². The van der Waals surface area contributed by atoms with E-state index in [1.807, 2.05) is 0 Å². The summed E-state index contributed by atoms with van der Waals surface area (Å²) >= 11 is 0. The second-order valence-electron chi connectivity index (χ2n) is 8.77. The van der Waals surface area contributed by atoms with E-state index >= 15 is 0 Å². The second kappa shape index (κ2) is 5.60. The minimum absolute atomic E-state index is 0.620. The van der Waals surface area contributed by atoms with E-state index in [0.29, 0.717) is 17.4 Å². The highest BCUT2D eigenvalue weighted by Gasteiger charge is 2.38. The van der Waals surface area contributed by atoms with Crippen LogP contribution in [0.25, 0.3) is 0 Å². The van der Waals surface area contributed by atoms with Crippen molar-refractivity contribution in [1.29, 1.82) is 0 Å². The van der Waals surface area contributed by atoms with Gasteiger partial charge in [0.25, 0.3) is 0 Å². The van der Waals surface area contributed by atoms with Crippen LogP contribution >= 0.6 is 0 Å². The van der Waals surface area contributed by atoms with Crippen molar-refractivity contribution in [3.8, 4) is 0 Å². The number of hydrogen-bond acceptors (Lipinski definition) is 4. The van der Waals surface area contributed by atoms with Gasteiger partial charge in [-0.3, -0.25) is 0 Å². The van der Waals surface area contributed by atoms with Gasteiger partial charge in [0.15, 0.2) is 0 Å². The van der Waals surface area contributed by atoms with Crippen molar-refractivity contribution in [2.24, 2.45) is 5.41 Å². The Labute approximate surface area is 145 Å². The van der Waals surface area contributed by atoms with Gasteiger partial charge in [-0.05, 0) is 63.7 Å². The normalized spacial score (nSPS) is 26.1. The molecular weight excluding hydrogens is 296 g/mol. The van der Waals surface area contributed by atoms with Gasteiger partial charge in [0.2, 0.25) is 0 Å². The van der Waals surface area contributed by atoms with Crippen LogP contribution in [0.15, 0.2) is 0 Å². The second-order valence-corrected chi connectivity index (χ2v) is 8.77. The maximum absolute atomic E-state index is 5.04. The first-order valence-corrected chi connectivity index (χ1v) is 10.1. The van der Waals surface area contributed by atoms with E-state index in [9.17, 15) is 0 Å². The molecule has 1 N–H and O–H groups in total. The molecular formula is C20H30N4. The Balaban J connectivity index is 1.40. The zero-order valence-corrected chi connectivity index (χ0v) is 15.0. The molecule has 1 spiro atoms. The third-order valence-electron chi connectivity index (χ3n) is 6.79. The summed E-state index contributed by atoms with van der Waals surface area (Å²) in [6.07, 6.45) is 13.7. The van der Waals surface area contributed by atoms with Crippen molar-refractivity contribution >= 4 is 11.6 Å².